The largest absolute Gasteiger partial charge is 0.383 e. The molecule has 1 aromatic heterocycles. The van der Waals surface area contributed by atoms with Crippen LogP contribution in [0.4, 0.5) is 5.82 Å². The first-order valence-corrected chi connectivity index (χ1v) is 10.7. The van der Waals surface area contributed by atoms with E-state index >= 15 is 0 Å². The van der Waals surface area contributed by atoms with Crippen molar-refractivity contribution in [3.8, 4) is 11.1 Å². The van der Waals surface area contributed by atoms with Gasteiger partial charge in [-0.05, 0) is 65.6 Å². The maximum absolute atomic E-state index is 12.5. The van der Waals surface area contributed by atoms with Crippen LogP contribution in [0.5, 0.6) is 0 Å². The minimum Gasteiger partial charge on any atom is -0.383 e. The van der Waals surface area contributed by atoms with E-state index in [4.69, 9.17) is 5.73 Å². The maximum Gasteiger partial charge on any atom is 0.223 e. The summed E-state index contributed by atoms with van der Waals surface area (Å²) in [5.74, 6) is 0.402. The average Bonchev–Trinajstić information content (AvgIpc) is 2.67. The Hall–Kier alpha value is -2.88. The summed E-state index contributed by atoms with van der Waals surface area (Å²) in [6.45, 7) is 11.3. The molecule has 0 saturated carbocycles. The number of nitrogens with one attached hydrogen (secondary N) is 1. The van der Waals surface area contributed by atoms with Crippen LogP contribution < -0.4 is 11.1 Å². The number of aromatic nitrogens is 1. The predicted molar refractivity (Wildman–Crippen MR) is 126 cm³/mol. The number of hydrogen-bond donors (Lipinski definition) is 2. The highest BCUT2D eigenvalue weighted by atomic mass is 16.1. The molecule has 0 saturated heterocycles. The fourth-order valence-corrected chi connectivity index (χ4v) is 3.62. The number of aryl methyl sites for hydroxylation is 1. The van der Waals surface area contributed by atoms with Gasteiger partial charge in [0.2, 0.25) is 5.91 Å². The number of anilines is 1. The SMILES string of the molecule is Cc1ccccc1-c1ccc2nc(N)c(C[C@@H](C)C(=O)NCCC(C)(C)C)cc2c1. The van der Waals surface area contributed by atoms with Gasteiger partial charge in [0.25, 0.3) is 0 Å². The molecule has 0 fully saturated rings. The van der Waals surface area contributed by atoms with E-state index in [2.05, 4.69) is 74.4 Å². The normalized spacial score (nSPS) is 12.7. The zero-order valence-corrected chi connectivity index (χ0v) is 18.8. The molecule has 1 amide bonds. The van der Waals surface area contributed by atoms with E-state index in [1.165, 1.54) is 11.1 Å². The summed E-state index contributed by atoms with van der Waals surface area (Å²) in [4.78, 5) is 17.1. The molecule has 0 radical (unpaired) electrons. The molecule has 3 aromatic rings. The molecule has 0 unspecified atom stereocenters. The van der Waals surface area contributed by atoms with Crippen LogP contribution in [0.25, 0.3) is 22.0 Å². The Bertz CT molecular complexity index is 1050. The van der Waals surface area contributed by atoms with E-state index < -0.39 is 0 Å². The van der Waals surface area contributed by atoms with Crippen LogP contribution in [-0.4, -0.2) is 17.4 Å². The second kappa shape index (κ2) is 8.86. The molecule has 0 aliphatic heterocycles. The molecule has 0 bridgehead atoms. The van der Waals surface area contributed by atoms with E-state index in [9.17, 15) is 4.79 Å². The van der Waals surface area contributed by atoms with Gasteiger partial charge >= 0.3 is 0 Å². The van der Waals surface area contributed by atoms with E-state index in [0.29, 0.717) is 18.8 Å². The van der Waals surface area contributed by atoms with Crippen LogP contribution in [0.2, 0.25) is 0 Å². The van der Waals surface area contributed by atoms with Gasteiger partial charge in [-0.2, -0.15) is 0 Å². The van der Waals surface area contributed by atoms with Gasteiger partial charge in [-0.15, -0.1) is 0 Å². The van der Waals surface area contributed by atoms with Crippen molar-refractivity contribution in [2.24, 2.45) is 11.3 Å². The number of nitrogens with zero attached hydrogens (tertiary/aromatic N) is 1. The number of nitrogen functional groups attached to an aromatic ring is 1. The van der Waals surface area contributed by atoms with E-state index in [1.54, 1.807) is 0 Å². The molecule has 4 heteroatoms. The van der Waals surface area contributed by atoms with Crippen LogP contribution in [0.1, 0.15) is 45.2 Å². The number of amides is 1. The molecule has 4 nitrogen and oxygen atoms in total. The van der Waals surface area contributed by atoms with Crippen molar-refractivity contribution in [2.45, 2.75) is 47.5 Å². The number of hydrogen-bond acceptors (Lipinski definition) is 3. The summed E-state index contributed by atoms with van der Waals surface area (Å²) in [6, 6.07) is 16.7. The van der Waals surface area contributed by atoms with Gasteiger partial charge in [-0.1, -0.05) is 58.0 Å². The minimum atomic E-state index is -0.161. The average molecular weight is 404 g/mol. The van der Waals surface area contributed by atoms with Crippen molar-refractivity contribution in [1.29, 1.82) is 0 Å². The highest BCUT2D eigenvalue weighted by Crippen LogP contribution is 2.28. The quantitative estimate of drug-likeness (QED) is 0.569. The van der Waals surface area contributed by atoms with Gasteiger partial charge in [0, 0.05) is 17.8 Å². The minimum absolute atomic E-state index is 0.0624. The van der Waals surface area contributed by atoms with Crippen LogP contribution in [0, 0.1) is 18.3 Å². The standard InChI is InChI=1S/C26H33N3O/c1-17-8-6-7-9-22(17)19-10-11-23-20(15-19)16-21(24(27)29-23)14-18(2)25(30)28-13-12-26(3,4)5/h6-11,15-16,18H,12-14H2,1-5H3,(H2,27,29)(H,28,30)/t18-/m1/s1. The fourth-order valence-electron chi connectivity index (χ4n) is 3.62. The number of fused-ring (bicyclic) bond motifs is 1. The Morgan fingerprint density at radius 1 is 1.13 bits per heavy atom. The van der Waals surface area contributed by atoms with Crippen LogP contribution in [0.3, 0.4) is 0 Å². The van der Waals surface area contributed by atoms with Gasteiger partial charge in [-0.25, -0.2) is 4.98 Å². The van der Waals surface area contributed by atoms with Crippen molar-refractivity contribution in [2.75, 3.05) is 12.3 Å². The third-order valence-corrected chi connectivity index (χ3v) is 5.53. The molecule has 0 aliphatic rings. The molecule has 3 N–H and O–H groups in total. The van der Waals surface area contributed by atoms with Crippen molar-refractivity contribution in [3.63, 3.8) is 0 Å². The lowest BCUT2D eigenvalue weighted by Gasteiger charge is -2.19. The van der Waals surface area contributed by atoms with Crippen LogP contribution >= 0.6 is 0 Å². The number of pyridine rings is 1. The smallest absolute Gasteiger partial charge is 0.223 e. The number of benzene rings is 2. The predicted octanol–water partition coefficient (Wildman–Crippen LogP) is 5.52. The van der Waals surface area contributed by atoms with Crippen molar-refractivity contribution < 1.29 is 4.79 Å². The molecular formula is C26H33N3O. The first kappa shape index (κ1) is 21.8. The fraction of sp³-hybridized carbons (Fsp3) is 0.385. The molecule has 0 spiro atoms. The first-order valence-electron chi connectivity index (χ1n) is 10.7. The lowest BCUT2D eigenvalue weighted by atomic mass is 9.92. The van der Waals surface area contributed by atoms with E-state index in [0.717, 1.165) is 28.5 Å². The highest BCUT2D eigenvalue weighted by Gasteiger charge is 2.17. The van der Waals surface area contributed by atoms with Crippen LogP contribution in [0.15, 0.2) is 48.5 Å². The molecule has 1 atom stereocenters. The topological polar surface area (TPSA) is 68.0 Å². The molecule has 2 aromatic carbocycles. The highest BCUT2D eigenvalue weighted by molar-refractivity contribution is 5.87. The molecule has 0 aliphatic carbocycles. The lowest BCUT2D eigenvalue weighted by Crippen LogP contribution is -2.32. The van der Waals surface area contributed by atoms with Crippen molar-refractivity contribution >= 4 is 22.6 Å². The molecular weight excluding hydrogens is 370 g/mol. The Morgan fingerprint density at radius 2 is 1.87 bits per heavy atom. The Labute approximate surface area is 179 Å². The Balaban J connectivity index is 1.79. The summed E-state index contributed by atoms with van der Waals surface area (Å²) in [6.07, 6.45) is 1.53. The zero-order valence-electron chi connectivity index (χ0n) is 18.8. The third-order valence-electron chi connectivity index (χ3n) is 5.53. The lowest BCUT2D eigenvalue weighted by molar-refractivity contribution is -0.124. The molecule has 1 heterocycles. The van der Waals surface area contributed by atoms with Gasteiger partial charge in [-0.3, -0.25) is 4.79 Å². The second-order valence-electron chi connectivity index (χ2n) is 9.46. The second-order valence-corrected chi connectivity index (χ2v) is 9.46. The summed E-state index contributed by atoms with van der Waals surface area (Å²) in [5.41, 5.74) is 11.8. The van der Waals surface area contributed by atoms with Crippen molar-refractivity contribution in [1.82, 2.24) is 10.3 Å². The molecule has 30 heavy (non-hydrogen) atoms. The first-order chi connectivity index (χ1) is 14.1. The monoisotopic (exact) mass is 403 g/mol. The van der Waals surface area contributed by atoms with E-state index in [-0.39, 0.29) is 17.2 Å². The van der Waals surface area contributed by atoms with Gasteiger partial charge in [0.1, 0.15) is 5.82 Å². The number of nitrogens with two attached hydrogens (primary N) is 1. The summed E-state index contributed by atoms with van der Waals surface area (Å²) >= 11 is 0. The summed E-state index contributed by atoms with van der Waals surface area (Å²) in [7, 11) is 0. The summed E-state index contributed by atoms with van der Waals surface area (Å²) in [5, 5.41) is 4.09. The number of carbonyl (C=O) groups is 1. The van der Waals surface area contributed by atoms with Gasteiger partial charge < -0.3 is 11.1 Å². The van der Waals surface area contributed by atoms with Crippen LogP contribution in [-0.2, 0) is 11.2 Å². The number of rotatable bonds is 6. The zero-order chi connectivity index (χ0) is 21.9. The van der Waals surface area contributed by atoms with Gasteiger partial charge in [0.05, 0.1) is 5.52 Å². The third kappa shape index (κ3) is 5.38. The number of carbonyl (C=O) groups excluding carboxylic acids is 1. The molecule has 158 valence electrons. The Kier molecular flexibility index (Phi) is 6.45. The molecule has 3 rings (SSSR count). The van der Waals surface area contributed by atoms with E-state index in [1.807, 2.05) is 19.1 Å². The van der Waals surface area contributed by atoms with Gasteiger partial charge in [0.15, 0.2) is 0 Å². The summed E-state index contributed by atoms with van der Waals surface area (Å²) < 4.78 is 0. The Morgan fingerprint density at radius 3 is 2.57 bits per heavy atom. The maximum atomic E-state index is 12.5. The van der Waals surface area contributed by atoms with Crippen molar-refractivity contribution in [3.05, 3.63) is 59.7 Å².